The number of benzene rings is 2. The molecule has 0 unspecified atom stereocenters. The molecule has 2 N–H and O–H groups in total. The van der Waals surface area contributed by atoms with Crippen molar-refractivity contribution in [1.82, 2.24) is 0 Å². The zero-order valence-electron chi connectivity index (χ0n) is 13.1. The van der Waals surface area contributed by atoms with Gasteiger partial charge in [0, 0.05) is 17.9 Å². The fraction of sp³-hybridized carbons (Fsp3) is 0.278. The van der Waals surface area contributed by atoms with Crippen LogP contribution in [0.4, 0.5) is 16.2 Å². The summed E-state index contributed by atoms with van der Waals surface area (Å²) in [5, 5.41) is 12.2. The molecule has 0 spiro atoms. The Morgan fingerprint density at radius 3 is 2.70 bits per heavy atom. The van der Waals surface area contributed by atoms with E-state index in [2.05, 4.69) is 5.32 Å². The highest BCUT2D eigenvalue weighted by Crippen LogP contribution is 2.30. The van der Waals surface area contributed by atoms with Crippen LogP contribution in [0.5, 0.6) is 11.5 Å². The Bertz CT molecular complexity index is 698. The van der Waals surface area contributed by atoms with Gasteiger partial charge >= 0.3 is 6.03 Å². The molecule has 2 aromatic rings. The highest BCUT2D eigenvalue weighted by Gasteiger charge is 2.21. The minimum atomic E-state index is -0.163. The second kappa shape index (κ2) is 6.60. The smallest absolute Gasteiger partial charge is 0.326 e. The molecule has 2 aromatic carbocycles. The van der Waals surface area contributed by atoms with Crippen LogP contribution < -0.4 is 15.0 Å². The van der Waals surface area contributed by atoms with Crippen LogP contribution in [0.3, 0.4) is 0 Å². The first kappa shape index (κ1) is 15.2. The van der Waals surface area contributed by atoms with Crippen LogP contribution in [0, 0.1) is 0 Å². The number of aryl methyl sites for hydroxylation is 1. The molecule has 0 aliphatic carbocycles. The summed E-state index contributed by atoms with van der Waals surface area (Å²) in [6.07, 6.45) is 2.94. The van der Waals surface area contributed by atoms with Gasteiger partial charge in [-0.1, -0.05) is 0 Å². The SMILES string of the molecule is COc1ccc2c(c1)CCCCN2C(=O)Nc1ccc(O)cc1. The van der Waals surface area contributed by atoms with Crippen LogP contribution in [0.25, 0.3) is 0 Å². The van der Waals surface area contributed by atoms with Crippen LogP contribution in [0.15, 0.2) is 42.5 Å². The Morgan fingerprint density at radius 1 is 1.17 bits per heavy atom. The van der Waals surface area contributed by atoms with Crippen LogP contribution in [0.2, 0.25) is 0 Å². The van der Waals surface area contributed by atoms with E-state index < -0.39 is 0 Å². The summed E-state index contributed by atoms with van der Waals surface area (Å²) in [5.74, 6) is 0.986. The van der Waals surface area contributed by atoms with E-state index >= 15 is 0 Å². The van der Waals surface area contributed by atoms with Gasteiger partial charge in [-0.05, 0) is 67.3 Å². The number of carbonyl (C=O) groups excluding carboxylic acids is 1. The quantitative estimate of drug-likeness (QED) is 0.830. The molecular formula is C18H20N2O3. The molecule has 3 rings (SSSR count). The second-order valence-electron chi connectivity index (χ2n) is 5.58. The number of nitrogens with one attached hydrogen (secondary N) is 1. The van der Waals surface area contributed by atoms with Crippen LogP contribution >= 0.6 is 0 Å². The number of fused-ring (bicyclic) bond motifs is 1. The number of urea groups is 1. The number of aromatic hydroxyl groups is 1. The molecule has 23 heavy (non-hydrogen) atoms. The van der Waals surface area contributed by atoms with E-state index in [4.69, 9.17) is 4.74 Å². The number of phenols is 1. The lowest BCUT2D eigenvalue weighted by Gasteiger charge is -2.23. The van der Waals surface area contributed by atoms with Gasteiger partial charge < -0.3 is 15.2 Å². The molecule has 0 aromatic heterocycles. The molecule has 1 aliphatic rings. The van der Waals surface area contributed by atoms with Crippen molar-refractivity contribution in [3.05, 3.63) is 48.0 Å². The Labute approximate surface area is 135 Å². The number of methoxy groups -OCH3 is 1. The fourth-order valence-corrected chi connectivity index (χ4v) is 2.80. The minimum Gasteiger partial charge on any atom is -0.508 e. The number of hydrogen-bond donors (Lipinski definition) is 2. The van der Waals surface area contributed by atoms with Gasteiger partial charge in [0.2, 0.25) is 0 Å². The zero-order chi connectivity index (χ0) is 16.2. The fourth-order valence-electron chi connectivity index (χ4n) is 2.80. The standard InChI is InChI=1S/C18H20N2O3/c1-23-16-9-10-17-13(12-16)4-2-3-11-20(17)18(22)19-14-5-7-15(21)8-6-14/h5-10,12,21H,2-4,11H2,1H3,(H,19,22). The number of phenolic OH excluding ortho intramolecular Hbond substituents is 1. The maximum absolute atomic E-state index is 12.6. The average Bonchev–Trinajstić information content (AvgIpc) is 2.78. The first-order valence-electron chi connectivity index (χ1n) is 7.72. The summed E-state index contributed by atoms with van der Waals surface area (Å²) >= 11 is 0. The maximum Gasteiger partial charge on any atom is 0.326 e. The Balaban J connectivity index is 1.84. The predicted molar refractivity (Wildman–Crippen MR) is 90.4 cm³/mol. The van der Waals surface area contributed by atoms with E-state index in [1.54, 1.807) is 36.3 Å². The van der Waals surface area contributed by atoms with Crippen molar-refractivity contribution in [3.63, 3.8) is 0 Å². The van der Waals surface area contributed by atoms with Crippen molar-refractivity contribution in [2.75, 3.05) is 23.9 Å². The molecule has 2 amide bonds. The Morgan fingerprint density at radius 2 is 1.96 bits per heavy atom. The lowest BCUT2D eigenvalue weighted by Crippen LogP contribution is -2.35. The van der Waals surface area contributed by atoms with E-state index in [0.717, 1.165) is 36.3 Å². The van der Waals surface area contributed by atoms with Crippen molar-refractivity contribution < 1.29 is 14.6 Å². The molecule has 0 radical (unpaired) electrons. The number of nitrogens with zero attached hydrogens (tertiary/aromatic N) is 1. The van der Waals surface area contributed by atoms with Crippen molar-refractivity contribution in [3.8, 4) is 11.5 Å². The summed E-state index contributed by atoms with van der Waals surface area (Å²) in [5.41, 5.74) is 2.72. The molecule has 5 heteroatoms. The van der Waals surface area contributed by atoms with Crippen molar-refractivity contribution >= 4 is 17.4 Å². The molecule has 120 valence electrons. The topological polar surface area (TPSA) is 61.8 Å². The maximum atomic E-state index is 12.6. The highest BCUT2D eigenvalue weighted by atomic mass is 16.5. The third kappa shape index (κ3) is 3.39. The van der Waals surface area contributed by atoms with Gasteiger partial charge in [0.25, 0.3) is 0 Å². The third-order valence-corrected chi connectivity index (χ3v) is 4.02. The third-order valence-electron chi connectivity index (χ3n) is 4.02. The largest absolute Gasteiger partial charge is 0.508 e. The van der Waals surface area contributed by atoms with Gasteiger partial charge in [0.15, 0.2) is 0 Å². The van der Waals surface area contributed by atoms with Crippen molar-refractivity contribution in [2.24, 2.45) is 0 Å². The second-order valence-corrected chi connectivity index (χ2v) is 5.58. The average molecular weight is 312 g/mol. The highest BCUT2D eigenvalue weighted by molar-refractivity contribution is 6.02. The van der Waals surface area contributed by atoms with Crippen molar-refractivity contribution in [1.29, 1.82) is 0 Å². The van der Waals surface area contributed by atoms with Gasteiger partial charge in [-0.3, -0.25) is 4.90 Å². The Hall–Kier alpha value is -2.69. The summed E-state index contributed by atoms with van der Waals surface area (Å²) in [7, 11) is 1.65. The normalized spacial score (nSPS) is 13.9. The number of anilines is 2. The zero-order valence-corrected chi connectivity index (χ0v) is 13.1. The molecule has 0 saturated carbocycles. The predicted octanol–water partition coefficient (Wildman–Crippen LogP) is 3.78. The number of amides is 2. The van der Waals surface area contributed by atoms with Gasteiger partial charge in [0.05, 0.1) is 7.11 Å². The molecule has 0 atom stereocenters. The molecular weight excluding hydrogens is 292 g/mol. The number of hydrogen-bond acceptors (Lipinski definition) is 3. The summed E-state index contributed by atoms with van der Waals surface area (Å²) in [4.78, 5) is 14.4. The monoisotopic (exact) mass is 312 g/mol. The summed E-state index contributed by atoms with van der Waals surface area (Å²) < 4.78 is 5.28. The first-order chi connectivity index (χ1) is 11.2. The summed E-state index contributed by atoms with van der Waals surface area (Å²) in [6.45, 7) is 0.684. The van der Waals surface area contributed by atoms with E-state index in [-0.39, 0.29) is 11.8 Å². The number of rotatable bonds is 2. The number of carbonyl (C=O) groups is 1. The van der Waals surface area contributed by atoms with Crippen LogP contribution in [-0.4, -0.2) is 24.8 Å². The van der Waals surface area contributed by atoms with Crippen LogP contribution in [-0.2, 0) is 6.42 Å². The molecule has 0 fully saturated rings. The Kier molecular flexibility index (Phi) is 4.37. The number of ether oxygens (including phenoxy) is 1. The molecule has 0 bridgehead atoms. The molecule has 1 aliphatic heterocycles. The van der Waals surface area contributed by atoms with Gasteiger partial charge in [0.1, 0.15) is 11.5 Å². The minimum absolute atomic E-state index is 0.163. The summed E-state index contributed by atoms with van der Waals surface area (Å²) in [6, 6.07) is 12.1. The van der Waals surface area contributed by atoms with E-state index in [1.807, 2.05) is 18.2 Å². The van der Waals surface area contributed by atoms with Gasteiger partial charge in [-0.15, -0.1) is 0 Å². The molecule has 5 nitrogen and oxygen atoms in total. The van der Waals surface area contributed by atoms with Crippen LogP contribution in [0.1, 0.15) is 18.4 Å². The van der Waals surface area contributed by atoms with E-state index in [0.29, 0.717) is 12.2 Å². The van der Waals surface area contributed by atoms with E-state index in [9.17, 15) is 9.90 Å². The van der Waals surface area contributed by atoms with Gasteiger partial charge in [-0.25, -0.2) is 4.79 Å². The molecule has 1 heterocycles. The van der Waals surface area contributed by atoms with Crippen molar-refractivity contribution in [2.45, 2.75) is 19.3 Å². The van der Waals surface area contributed by atoms with Gasteiger partial charge in [-0.2, -0.15) is 0 Å². The lowest BCUT2D eigenvalue weighted by atomic mass is 10.1. The molecule has 0 saturated heterocycles. The lowest BCUT2D eigenvalue weighted by molar-refractivity contribution is 0.257. The van der Waals surface area contributed by atoms with E-state index in [1.165, 1.54) is 0 Å². The first-order valence-corrected chi connectivity index (χ1v) is 7.72.